The molecule has 0 radical (unpaired) electrons. The maximum Gasteiger partial charge on any atom is 0.308 e. The monoisotopic (exact) mass is 369 g/mol. The van der Waals surface area contributed by atoms with Crippen molar-refractivity contribution in [1.82, 2.24) is 0 Å². The fourth-order valence-electron chi connectivity index (χ4n) is 7.31. The maximum atomic E-state index is 11.2. The molecular formula is C23H31NO3. The van der Waals surface area contributed by atoms with Gasteiger partial charge in [0, 0.05) is 5.57 Å². The second-order valence-corrected chi connectivity index (χ2v) is 9.79. The Labute approximate surface area is 162 Å². The van der Waals surface area contributed by atoms with Crippen molar-refractivity contribution in [2.24, 2.45) is 28.6 Å². The largest absolute Gasteiger partial charge is 0.481 e. The van der Waals surface area contributed by atoms with Crippen LogP contribution in [0.2, 0.25) is 0 Å². The highest BCUT2D eigenvalue weighted by molar-refractivity contribution is 5.72. The van der Waals surface area contributed by atoms with Crippen LogP contribution in [0.4, 0.5) is 0 Å². The van der Waals surface area contributed by atoms with Crippen molar-refractivity contribution in [3.8, 4) is 6.07 Å². The fraction of sp³-hybridized carbons (Fsp3) is 0.739. The van der Waals surface area contributed by atoms with Gasteiger partial charge in [0.1, 0.15) is 0 Å². The molecule has 3 saturated carbocycles. The SMILES string of the molecule is C[C@]12CC[C@H](O)CC1=CC[C@@H]1[C@@H]2CC[C@]2(C)C(=C(C#N)CC(=O)O)CC[C@@H]12. The molecule has 6 atom stereocenters. The zero-order valence-electron chi connectivity index (χ0n) is 16.5. The van der Waals surface area contributed by atoms with Crippen molar-refractivity contribution in [1.29, 1.82) is 5.26 Å². The summed E-state index contributed by atoms with van der Waals surface area (Å²) in [4.78, 5) is 11.2. The summed E-state index contributed by atoms with van der Waals surface area (Å²) in [5.41, 5.74) is 3.32. The minimum atomic E-state index is -0.904. The number of aliphatic carboxylic acids is 1. The Balaban J connectivity index is 1.67. The standard InChI is InChI=1S/C23H31NO3/c1-22-9-7-16(25)12-15(22)3-4-17-19-6-5-18(14(13-24)11-21(26)27)23(19,2)10-8-20(17)22/h3,16-17,19-20,25H,4-12H2,1-2H3,(H,26,27)/t16-,17-,19-,20-,22-,23+/m0/s1. The van der Waals surface area contributed by atoms with Crippen LogP contribution in [0.1, 0.15) is 71.6 Å². The van der Waals surface area contributed by atoms with Gasteiger partial charge in [-0.3, -0.25) is 4.79 Å². The summed E-state index contributed by atoms with van der Waals surface area (Å²) in [6.07, 6.45) is 10.2. The van der Waals surface area contributed by atoms with Crippen molar-refractivity contribution >= 4 is 5.97 Å². The molecule has 4 nitrogen and oxygen atoms in total. The van der Waals surface area contributed by atoms with E-state index >= 15 is 0 Å². The van der Waals surface area contributed by atoms with Crippen LogP contribution in [0.3, 0.4) is 0 Å². The van der Waals surface area contributed by atoms with E-state index in [0.717, 1.165) is 56.9 Å². The molecule has 0 aromatic heterocycles. The molecule has 0 aromatic rings. The molecule has 0 spiro atoms. The highest BCUT2D eigenvalue weighted by atomic mass is 16.4. The molecular weight excluding hydrogens is 338 g/mol. The number of rotatable bonds is 2. The summed E-state index contributed by atoms with van der Waals surface area (Å²) in [5, 5.41) is 28.9. The lowest BCUT2D eigenvalue weighted by atomic mass is 9.47. The lowest BCUT2D eigenvalue weighted by Crippen LogP contribution is -2.49. The van der Waals surface area contributed by atoms with Crippen molar-refractivity contribution in [2.75, 3.05) is 0 Å². The second kappa shape index (κ2) is 6.48. The van der Waals surface area contributed by atoms with Gasteiger partial charge in [0.05, 0.1) is 18.6 Å². The van der Waals surface area contributed by atoms with Gasteiger partial charge in [0.25, 0.3) is 0 Å². The molecule has 4 aliphatic carbocycles. The summed E-state index contributed by atoms with van der Waals surface area (Å²) in [5.74, 6) is 0.922. The van der Waals surface area contributed by atoms with Gasteiger partial charge in [0.2, 0.25) is 0 Å². The average Bonchev–Trinajstić information content (AvgIpc) is 2.97. The summed E-state index contributed by atoms with van der Waals surface area (Å²) in [6, 6.07) is 2.22. The molecule has 2 N–H and O–H groups in total. The number of carbonyl (C=O) groups is 1. The Hall–Kier alpha value is -1.60. The van der Waals surface area contributed by atoms with Crippen molar-refractivity contribution in [3.05, 3.63) is 22.8 Å². The van der Waals surface area contributed by atoms with Gasteiger partial charge in [-0.25, -0.2) is 0 Å². The van der Waals surface area contributed by atoms with Crippen LogP contribution >= 0.6 is 0 Å². The van der Waals surface area contributed by atoms with E-state index in [1.807, 2.05) is 0 Å². The fourth-order valence-corrected chi connectivity index (χ4v) is 7.31. The topological polar surface area (TPSA) is 81.3 Å². The number of hydrogen-bond acceptors (Lipinski definition) is 3. The van der Waals surface area contributed by atoms with Gasteiger partial charge in [-0.15, -0.1) is 0 Å². The van der Waals surface area contributed by atoms with Gasteiger partial charge in [-0.2, -0.15) is 5.26 Å². The number of nitrogens with zero attached hydrogens (tertiary/aromatic N) is 1. The third-order valence-electron chi connectivity index (χ3n) is 8.69. The summed E-state index contributed by atoms with van der Waals surface area (Å²) < 4.78 is 0. The van der Waals surface area contributed by atoms with E-state index in [-0.39, 0.29) is 23.4 Å². The predicted octanol–water partition coefficient (Wildman–Crippen LogP) is 4.60. The maximum absolute atomic E-state index is 11.2. The molecule has 0 unspecified atom stereocenters. The van der Waals surface area contributed by atoms with Crippen LogP contribution in [0.5, 0.6) is 0 Å². The Kier molecular flexibility index (Phi) is 4.50. The number of aliphatic hydroxyl groups excluding tert-OH is 1. The zero-order valence-corrected chi connectivity index (χ0v) is 16.5. The van der Waals surface area contributed by atoms with Gasteiger partial charge in [0.15, 0.2) is 0 Å². The van der Waals surface area contributed by atoms with E-state index in [4.69, 9.17) is 0 Å². The van der Waals surface area contributed by atoms with Gasteiger partial charge in [-0.05, 0) is 85.5 Å². The Bertz CT molecular complexity index is 760. The van der Waals surface area contributed by atoms with E-state index in [1.165, 1.54) is 5.57 Å². The third-order valence-corrected chi connectivity index (χ3v) is 8.69. The third kappa shape index (κ3) is 2.78. The van der Waals surface area contributed by atoms with Crippen LogP contribution < -0.4 is 0 Å². The number of carboxylic acids is 1. The number of aliphatic hydroxyl groups is 1. The molecule has 0 bridgehead atoms. The lowest BCUT2D eigenvalue weighted by molar-refractivity contribution is -0.136. The minimum Gasteiger partial charge on any atom is -0.481 e. The lowest BCUT2D eigenvalue weighted by Gasteiger charge is -2.57. The van der Waals surface area contributed by atoms with Gasteiger partial charge >= 0.3 is 5.97 Å². The Morgan fingerprint density at radius 1 is 1.22 bits per heavy atom. The summed E-state index contributed by atoms with van der Waals surface area (Å²) >= 11 is 0. The van der Waals surface area contributed by atoms with Crippen LogP contribution in [-0.2, 0) is 4.79 Å². The zero-order chi connectivity index (χ0) is 19.4. The quantitative estimate of drug-likeness (QED) is 0.550. The first-order valence-electron chi connectivity index (χ1n) is 10.5. The Morgan fingerprint density at radius 3 is 2.63 bits per heavy atom. The van der Waals surface area contributed by atoms with Crippen molar-refractivity contribution < 1.29 is 15.0 Å². The molecule has 27 heavy (non-hydrogen) atoms. The van der Waals surface area contributed by atoms with Crippen molar-refractivity contribution in [3.63, 3.8) is 0 Å². The molecule has 4 heteroatoms. The van der Waals surface area contributed by atoms with Gasteiger partial charge < -0.3 is 10.2 Å². The van der Waals surface area contributed by atoms with Crippen molar-refractivity contribution in [2.45, 2.75) is 77.7 Å². The second-order valence-electron chi connectivity index (χ2n) is 9.79. The molecule has 4 rings (SSSR count). The number of allylic oxidation sites excluding steroid dienone is 2. The van der Waals surface area contributed by atoms with E-state index in [1.54, 1.807) is 0 Å². The molecule has 4 aliphatic rings. The van der Waals surface area contributed by atoms with Crippen LogP contribution in [-0.4, -0.2) is 22.3 Å². The van der Waals surface area contributed by atoms with E-state index in [2.05, 4.69) is 26.0 Å². The first kappa shape index (κ1) is 18.7. The number of nitriles is 1. The van der Waals surface area contributed by atoms with E-state index in [9.17, 15) is 20.3 Å². The average molecular weight is 370 g/mol. The minimum absolute atomic E-state index is 0.0163. The first-order chi connectivity index (χ1) is 12.8. The van der Waals surface area contributed by atoms with Crippen LogP contribution in [0.15, 0.2) is 22.8 Å². The molecule has 0 heterocycles. The highest BCUT2D eigenvalue weighted by Gasteiger charge is 2.57. The summed E-state index contributed by atoms with van der Waals surface area (Å²) in [7, 11) is 0. The molecule has 0 saturated heterocycles. The molecule has 0 aliphatic heterocycles. The molecule has 0 aromatic carbocycles. The van der Waals surface area contributed by atoms with E-state index < -0.39 is 5.97 Å². The summed E-state index contributed by atoms with van der Waals surface area (Å²) in [6.45, 7) is 4.71. The highest BCUT2D eigenvalue weighted by Crippen LogP contribution is 2.66. The molecule has 146 valence electrons. The molecule has 3 fully saturated rings. The number of hydrogen-bond donors (Lipinski definition) is 2. The van der Waals surface area contributed by atoms with Crippen LogP contribution in [0, 0.1) is 39.9 Å². The Morgan fingerprint density at radius 2 is 1.93 bits per heavy atom. The smallest absolute Gasteiger partial charge is 0.308 e. The first-order valence-corrected chi connectivity index (χ1v) is 10.5. The predicted molar refractivity (Wildman–Crippen MR) is 103 cm³/mol. The van der Waals surface area contributed by atoms with Gasteiger partial charge in [-0.1, -0.05) is 25.5 Å². The normalized spacial score (nSPS) is 45.0. The number of fused-ring (bicyclic) bond motifs is 5. The van der Waals surface area contributed by atoms with E-state index in [0.29, 0.717) is 23.3 Å². The van der Waals surface area contributed by atoms with Crippen LogP contribution in [0.25, 0.3) is 0 Å². The molecule has 0 amide bonds. The number of carboxylic acid groups (broad SMARTS) is 1.